The van der Waals surface area contributed by atoms with E-state index < -0.39 is 0 Å². The molecule has 3 rings (SSSR count). The van der Waals surface area contributed by atoms with Crippen LogP contribution in [0, 0.1) is 11.3 Å². The van der Waals surface area contributed by atoms with Gasteiger partial charge in [0.05, 0.1) is 22.2 Å². The summed E-state index contributed by atoms with van der Waals surface area (Å²) in [5.74, 6) is 0.693. The van der Waals surface area contributed by atoms with Gasteiger partial charge >= 0.3 is 0 Å². The third-order valence-corrected chi connectivity index (χ3v) is 4.33. The zero-order chi connectivity index (χ0) is 15.5. The predicted molar refractivity (Wildman–Crippen MR) is 86.3 cm³/mol. The highest BCUT2D eigenvalue weighted by Crippen LogP contribution is 2.30. The molecule has 1 unspecified atom stereocenters. The van der Waals surface area contributed by atoms with E-state index in [1.54, 1.807) is 24.4 Å². The van der Waals surface area contributed by atoms with Gasteiger partial charge in [0.2, 0.25) is 0 Å². The zero-order valence-corrected chi connectivity index (χ0v) is 13.2. The molecule has 0 aliphatic carbocycles. The number of hydrogen-bond donors (Lipinski definition) is 0. The lowest BCUT2D eigenvalue weighted by Crippen LogP contribution is -2.39. The molecular weight excluding hydrogens is 321 g/mol. The molecule has 0 radical (unpaired) electrons. The topological polar surface area (TPSA) is 49.2 Å². The summed E-state index contributed by atoms with van der Waals surface area (Å²) >= 11 is 12.0. The number of benzene rings is 1. The number of rotatable bonds is 2. The van der Waals surface area contributed by atoms with Crippen LogP contribution in [0.3, 0.4) is 0 Å². The molecule has 0 saturated carbocycles. The van der Waals surface area contributed by atoms with Crippen molar-refractivity contribution >= 4 is 29.0 Å². The molecule has 4 nitrogen and oxygen atoms in total. The lowest BCUT2D eigenvalue weighted by molar-refractivity contribution is 0.0395. The quantitative estimate of drug-likeness (QED) is 0.837. The molecule has 22 heavy (non-hydrogen) atoms. The largest absolute Gasteiger partial charge is 0.370 e. The molecule has 0 N–H and O–H groups in total. The fourth-order valence-corrected chi connectivity index (χ4v) is 2.80. The second-order valence-electron chi connectivity index (χ2n) is 4.97. The van der Waals surface area contributed by atoms with Gasteiger partial charge in [0.15, 0.2) is 0 Å². The van der Waals surface area contributed by atoms with Crippen LogP contribution in [0.25, 0.3) is 0 Å². The van der Waals surface area contributed by atoms with Crippen LogP contribution in [-0.2, 0) is 4.74 Å². The summed E-state index contributed by atoms with van der Waals surface area (Å²) in [6.45, 7) is 1.87. The van der Waals surface area contributed by atoms with Gasteiger partial charge in [0.25, 0.3) is 0 Å². The summed E-state index contributed by atoms with van der Waals surface area (Å²) < 4.78 is 5.83. The Morgan fingerprint density at radius 2 is 2.14 bits per heavy atom. The van der Waals surface area contributed by atoms with E-state index in [-0.39, 0.29) is 6.10 Å². The van der Waals surface area contributed by atoms with Crippen molar-refractivity contribution in [1.82, 2.24) is 4.98 Å². The lowest BCUT2D eigenvalue weighted by atomic mass is 10.1. The normalized spacial score (nSPS) is 18.0. The van der Waals surface area contributed by atoms with E-state index in [0.717, 1.165) is 5.56 Å². The molecule has 1 aliphatic rings. The Labute approximate surface area is 138 Å². The van der Waals surface area contributed by atoms with Gasteiger partial charge < -0.3 is 9.64 Å². The lowest BCUT2D eigenvalue weighted by Gasteiger charge is -2.34. The van der Waals surface area contributed by atoms with Crippen molar-refractivity contribution in [1.29, 1.82) is 5.26 Å². The molecule has 1 aromatic carbocycles. The highest BCUT2D eigenvalue weighted by molar-refractivity contribution is 6.42. The Bertz CT molecular complexity index is 730. The van der Waals surface area contributed by atoms with Gasteiger partial charge in [0, 0.05) is 19.3 Å². The first-order chi connectivity index (χ1) is 10.7. The molecule has 1 fully saturated rings. The summed E-state index contributed by atoms with van der Waals surface area (Å²) in [7, 11) is 0. The van der Waals surface area contributed by atoms with Gasteiger partial charge in [-0.25, -0.2) is 4.98 Å². The minimum atomic E-state index is -0.128. The van der Waals surface area contributed by atoms with Gasteiger partial charge in [0.1, 0.15) is 18.0 Å². The number of anilines is 1. The van der Waals surface area contributed by atoms with Crippen LogP contribution in [0.1, 0.15) is 17.2 Å². The molecule has 112 valence electrons. The highest BCUT2D eigenvalue weighted by atomic mass is 35.5. The Morgan fingerprint density at radius 1 is 1.27 bits per heavy atom. The molecule has 1 aliphatic heterocycles. The van der Waals surface area contributed by atoms with Crippen LogP contribution in [-0.4, -0.2) is 24.7 Å². The van der Waals surface area contributed by atoms with Gasteiger partial charge in [-0.15, -0.1) is 0 Å². The first-order valence-electron chi connectivity index (χ1n) is 6.85. The molecule has 2 heterocycles. The van der Waals surface area contributed by atoms with E-state index in [1.807, 2.05) is 12.1 Å². The zero-order valence-electron chi connectivity index (χ0n) is 11.7. The summed E-state index contributed by atoms with van der Waals surface area (Å²) in [4.78, 5) is 6.40. The maximum atomic E-state index is 9.22. The second-order valence-corrected chi connectivity index (χ2v) is 5.78. The Hall–Kier alpha value is -1.80. The maximum Gasteiger partial charge on any atom is 0.146 e. The minimum Gasteiger partial charge on any atom is -0.370 e. The standard InChI is InChI=1S/C16H13Cl2N3O/c17-13-4-3-11(8-14(13)18)15-10-21(6-7-22-15)16-12(9-19)2-1-5-20-16/h1-5,8,15H,6-7,10H2. The van der Waals surface area contributed by atoms with Crippen LogP contribution in [0.2, 0.25) is 10.0 Å². The van der Waals surface area contributed by atoms with E-state index in [0.29, 0.717) is 41.1 Å². The third kappa shape index (κ3) is 3.02. The van der Waals surface area contributed by atoms with Gasteiger partial charge in [-0.1, -0.05) is 29.3 Å². The molecule has 2 aromatic rings. The summed E-state index contributed by atoms with van der Waals surface area (Å²) in [5, 5.41) is 10.3. The number of ether oxygens (including phenoxy) is 1. The second kappa shape index (κ2) is 6.53. The van der Waals surface area contributed by atoms with Crippen molar-refractivity contribution in [3.63, 3.8) is 0 Å². The van der Waals surface area contributed by atoms with Crippen LogP contribution >= 0.6 is 23.2 Å². The number of pyridine rings is 1. The van der Waals surface area contributed by atoms with Crippen molar-refractivity contribution in [2.24, 2.45) is 0 Å². The average molecular weight is 334 g/mol. The fourth-order valence-electron chi connectivity index (χ4n) is 2.49. The van der Waals surface area contributed by atoms with Gasteiger partial charge in [-0.2, -0.15) is 5.26 Å². The summed E-state index contributed by atoms with van der Waals surface area (Å²) in [6.07, 6.45) is 1.57. The molecule has 0 spiro atoms. The monoisotopic (exact) mass is 333 g/mol. The third-order valence-electron chi connectivity index (χ3n) is 3.59. The van der Waals surface area contributed by atoms with E-state index in [4.69, 9.17) is 27.9 Å². The first-order valence-corrected chi connectivity index (χ1v) is 7.61. The number of nitrogens with zero attached hydrogens (tertiary/aromatic N) is 3. The van der Waals surface area contributed by atoms with E-state index in [1.165, 1.54) is 0 Å². The molecule has 0 bridgehead atoms. The first kappa shape index (κ1) is 15.1. The van der Waals surface area contributed by atoms with E-state index in [2.05, 4.69) is 16.0 Å². The van der Waals surface area contributed by atoms with Crippen molar-refractivity contribution in [3.05, 3.63) is 57.7 Å². The SMILES string of the molecule is N#Cc1cccnc1N1CCOC(c2ccc(Cl)c(Cl)c2)C1. The number of morpholine rings is 1. The summed E-state index contributed by atoms with van der Waals surface area (Å²) in [6, 6.07) is 11.2. The van der Waals surface area contributed by atoms with Crippen LogP contribution in [0.5, 0.6) is 0 Å². The van der Waals surface area contributed by atoms with E-state index >= 15 is 0 Å². The van der Waals surface area contributed by atoms with Crippen LogP contribution in [0.4, 0.5) is 5.82 Å². The minimum absolute atomic E-state index is 0.128. The van der Waals surface area contributed by atoms with Crippen LogP contribution < -0.4 is 4.90 Å². The number of hydrogen-bond acceptors (Lipinski definition) is 4. The molecule has 6 heteroatoms. The van der Waals surface area contributed by atoms with Crippen molar-refractivity contribution < 1.29 is 4.74 Å². The van der Waals surface area contributed by atoms with Crippen molar-refractivity contribution in [3.8, 4) is 6.07 Å². The smallest absolute Gasteiger partial charge is 0.146 e. The predicted octanol–water partition coefficient (Wildman–Crippen LogP) is 3.84. The van der Waals surface area contributed by atoms with Gasteiger partial charge in [-0.05, 0) is 29.8 Å². The molecule has 1 atom stereocenters. The molecule has 1 saturated heterocycles. The van der Waals surface area contributed by atoms with Crippen molar-refractivity contribution in [2.75, 3.05) is 24.6 Å². The van der Waals surface area contributed by atoms with Gasteiger partial charge in [-0.3, -0.25) is 0 Å². The number of nitriles is 1. The molecule has 0 amide bonds. The Kier molecular flexibility index (Phi) is 4.49. The van der Waals surface area contributed by atoms with Crippen molar-refractivity contribution in [2.45, 2.75) is 6.10 Å². The molecular formula is C16H13Cl2N3O. The average Bonchev–Trinajstić information content (AvgIpc) is 2.57. The highest BCUT2D eigenvalue weighted by Gasteiger charge is 2.24. The Balaban J connectivity index is 1.85. The maximum absolute atomic E-state index is 9.22. The number of halogens is 2. The summed E-state index contributed by atoms with van der Waals surface area (Å²) in [5.41, 5.74) is 1.53. The van der Waals surface area contributed by atoms with Crippen LogP contribution in [0.15, 0.2) is 36.5 Å². The Morgan fingerprint density at radius 3 is 2.91 bits per heavy atom. The molecule has 1 aromatic heterocycles. The number of aromatic nitrogens is 1. The fraction of sp³-hybridized carbons (Fsp3) is 0.250. The van der Waals surface area contributed by atoms with E-state index in [9.17, 15) is 5.26 Å².